The number of likely N-dealkylation sites (N-methyl/N-ethyl adjacent to an activating group) is 1. The Hall–Kier alpha value is -5.58. The second-order valence-corrected chi connectivity index (χ2v) is 14.7. The number of nitrogens with one attached hydrogen (secondary N) is 1. The van der Waals surface area contributed by atoms with Crippen molar-refractivity contribution in [1.29, 1.82) is 0 Å². The number of ether oxygens (including phenoxy) is 5. The first kappa shape index (κ1) is 42.8. The molecule has 54 heavy (non-hydrogen) atoms. The second kappa shape index (κ2) is 18.4. The highest BCUT2D eigenvalue weighted by Crippen LogP contribution is 2.36. The fourth-order valence-corrected chi connectivity index (χ4v) is 4.89. The number of carbonyl (C=O) groups is 4. The molecule has 0 unspecified atom stereocenters. The molecule has 0 radical (unpaired) electrons. The summed E-state index contributed by atoms with van der Waals surface area (Å²) in [4.78, 5) is 53.3. The molecular weight excluding hydrogens is 694 g/mol. The highest BCUT2D eigenvalue weighted by molar-refractivity contribution is 5.87. The van der Waals surface area contributed by atoms with E-state index in [1.165, 1.54) is 32.2 Å². The lowest BCUT2D eigenvalue weighted by molar-refractivity contribution is -0.155. The Morgan fingerprint density at radius 2 is 1.39 bits per heavy atom. The highest BCUT2D eigenvalue weighted by Gasteiger charge is 2.41. The number of nitrogens with zero attached hydrogens (tertiary/aromatic N) is 1. The Morgan fingerprint density at radius 1 is 0.833 bits per heavy atom. The molecule has 0 saturated heterocycles. The molecule has 0 bridgehead atoms. The van der Waals surface area contributed by atoms with Crippen molar-refractivity contribution in [2.75, 3.05) is 13.6 Å². The van der Waals surface area contributed by atoms with Gasteiger partial charge in [0.1, 0.15) is 43.1 Å². The first-order valence-corrected chi connectivity index (χ1v) is 17.3. The van der Waals surface area contributed by atoms with Gasteiger partial charge in [-0.2, -0.15) is 0 Å². The normalized spacial score (nSPS) is 14.2. The second-order valence-electron chi connectivity index (χ2n) is 14.7. The van der Waals surface area contributed by atoms with Crippen LogP contribution < -0.4 is 20.5 Å². The SMILES string of the molecule is C#C[C@@](C)(Oc1cc([C@@H](O)[C@@H](C(=O)OCc2ccccc2)N(C)C(=O)OC(C)(C)C)ccc1OCc1ccccc1)[C@H](N)C(=O)NCC(=O)OC(C)(C)C. The molecule has 0 saturated carbocycles. The molecule has 3 aromatic carbocycles. The summed E-state index contributed by atoms with van der Waals surface area (Å²) in [5.74, 6) is 0.136. The summed E-state index contributed by atoms with van der Waals surface area (Å²) in [6.07, 6.45) is 3.32. The van der Waals surface area contributed by atoms with E-state index in [1.54, 1.807) is 65.8 Å². The number of hydrogen-bond donors (Lipinski definition) is 3. The molecule has 290 valence electrons. The van der Waals surface area contributed by atoms with E-state index in [2.05, 4.69) is 11.2 Å². The number of terminal acetylenes is 1. The van der Waals surface area contributed by atoms with Gasteiger partial charge in [-0.1, -0.05) is 72.7 Å². The molecule has 3 aromatic rings. The molecule has 0 aromatic heterocycles. The molecule has 0 aliphatic carbocycles. The topological polar surface area (TPSA) is 176 Å². The number of amides is 2. The summed E-state index contributed by atoms with van der Waals surface area (Å²) in [6, 6.07) is 19.4. The lowest BCUT2D eigenvalue weighted by Gasteiger charge is -2.33. The number of hydrogen-bond acceptors (Lipinski definition) is 11. The number of nitrogens with two attached hydrogens (primary N) is 1. The Labute approximate surface area is 317 Å². The van der Waals surface area contributed by atoms with Gasteiger partial charge in [-0.15, -0.1) is 6.42 Å². The Morgan fingerprint density at radius 3 is 1.93 bits per heavy atom. The number of carbonyl (C=O) groups excluding carboxylic acids is 4. The van der Waals surface area contributed by atoms with Crippen molar-refractivity contribution in [2.45, 2.75) is 96.7 Å². The van der Waals surface area contributed by atoms with Gasteiger partial charge in [0.05, 0.1) is 0 Å². The highest BCUT2D eigenvalue weighted by atomic mass is 16.6. The summed E-state index contributed by atoms with van der Waals surface area (Å²) in [6.45, 7) is 11.0. The zero-order chi connectivity index (χ0) is 40.3. The molecule has 0 fully saturated rings. The summed E-state index contributed by atoms with van der Waals surface area (Å²) >= 11 is 0. The average Bonchev–Trinajstić information content (AvgIpc) is 3.11. The molecule has 13 heteroatoms. The predicted octanol–water partition coefficient (Wildman–Crippen LogP) is 4.83. The number of benzene rings is 3. The fourth-order valence-electron chi connectivity index (χ4n) is 4.89. The third-order valence-corrected chi connectivity index (χ3v) is 7.72. The third kappa shape index (κ3) is 12.8. The molecule has 13 nitrogen and oxygen atoms in total. The minimum Gasteiger partial charge on any atom is -0.485 e. The van der Waals surface area contributed by atoms with E-state index in [0.29, 0.717) is 5.56 Å². The van der Waals surface area contributed by atoms with Crippen LogP contribution in [0.1, 0.15) is 71.3 Å². The van der Waals surface area contributed by atoms with E-state index in [1.807, 2.05) is 36.4 Å². The number of rotatable bonds is 15. The smallest absolute Gasteiger partial charge is 0.410 e. The zero-order valence-electron chi connectivity index (χ0n) is 32.1. The van der Waals surface area contributed by atoms with Gasteiger partial charge < -0.3 is 39.8 Å². The predicted molar refractivity (Wildman–Crippen MR) is 201 cm³/mol. The molecule has 2 amide bonds. The molecule has 0 heterocycles. The van der Waals surface area contributed by atoms with Crippen molar-refractivity contribution >= 4 is 23.9 Å². The van der Waals surface area contributed by atoms with Crippen LogP contribution >= 0.6 is 0 Å². The van der Waals surface area contributed by atoms with E-state index in [4.69, 9.17) is 35.8 Å². The van der Waals surface area contributed by atoms with Crippen LogP contribution in [0, 0.1) is 12.3 Å². The van der Waals surface area contributed by atoms with Crippen LogP contribution in [0.4, 0.5) is 4.79 Å². The van der Waals surface area contributed by atoms with E-state index in [9.17, 15) is 24.3 Å². The largest absolute Gasteiger partial charge is 0.485 e. The van der Waals surface area contributed by atoms with E-state index < -0.39 is 65.5 Å². The van der Waals surface area contributed by atoms with Crippen molar-refractivity contribution in [3.8, 4) is 23.8 Å². The maximum absolute atomic E-state index is 13.7. The molecule has 3 rings (SSSR count). The number of aliphatic hydroxyl groups excluding tert-OH is 1. The summed E-state index contributed by atoms with van der Waals surface area (Å²) in [7, 11) is 1.31. The summed E-state index contributed by atoms with van der Waals surface area (Å²) < 4.78 is 28.7. The zero-order valence-corrected chi connectivity index (χ0v) is 32.1. The van der Waals surface area contributed by atoms with Gasteiger partial charge in [-0.05, 0) is 77.3 Å². The first-order chi connectivity index (χ1) is 25.2. The van der Waals surface area contributed by atoms with Crippen LogP contribution in [-0.4, -0.2) is 76.4 Å². The molecule has 0 aliphatic heterocycles. The minimum atomic E-state index is -1.84. The van der Waals surface area contributed by atoms with Crippen molar-refractivity contribution < 1.29 is 48.0 Å². The number of aliphatic hydroxyl groups is 1. The van der Waals surface area contributed by atoms with Crippen molar-refractivity contribution in [1.82, 2.24) is 10.2 Å². The van der Waals surface area contributed by atoms with Gasteiger partial charge in [0.15, 0.2) is 23.1 Å². The lowest BCUT2D eigenvalue weighted by Crippen LogP contribution is -2.58. The third-order valence-electron chi connectivity index (χ3n) is 7.72. The van der Waals surface area contributed by atoms with Gasteiger partial charge >= 0.3 is 18.0 Å². The van der Waals surface area contributed by atoms with Gasteiger partial charge in [0.25, 0.3) is 0 Å². The standard InChI is InChI=1S/C41H51N3O10/c1-10-41(8,35(42)36(47)43-24-32(45)53-39(2,3)4)52-31-23-29(21-22-30(31)50-25-27-17-13-11-14-18-27)34(46)33(44(9)38(49)54-40(5,6)7)37(48)51-26-28-19-15-12-16-20-28/h1,11-23,33-35,46H,24-26,42H2,2-9H3,(H,43,47)/t33-,34+,35+,41+/m0/s1. The van der Waals surface area contributed by atoms with E-state index >= 15 is 0 Å². The first-order valence-electron chi connectivity index (χ1n) is 17.3. The van der Waals surface area contributed by atoms with Crippen LogP contribution in [0.2, 0.25) is 0 Å². The van der Waals surface area contributed by atoms with Gasteiger partial charge in [-0.3, -0.25) is 14.5 Å². The Kier molecular flexibility index (Phi) is 14.6. The van der Waals surface area contributed by atoms with E-state index in [-0.39, 0.29) is 30.3 Å². The summed E-state index contributed by atoms with van der Waals surface area (Å²) in [5, 5.41) is 14.3. The summed E-state index contributed by atoms with van der Waals surface area (Å²) in [5.41, 5.74) is 4.42. The molecule has 4 N–H and O–H groups in total. The van der Waals surface area contributed by atoms with Crippen LogP contribution in [-0.2, 0) is 41.8 Å². The lowest BCUT2D eigenvalue weighted by atomic mass is 9.96. The maximum atomic E-state index is 13.7. The average molecular weight is 746 g/mol. The van der Waals surface area contributed by atoms with Gasteiger partial charge in [0, 0.05) is 7.05 Å². The van der Waals surface area contributed by atoms with Crippen LogP contribution in [0.5, 0.6) is 11.5 Å². The molecular formula is C41H51N3O10. The minimum absolute atomic E-state index is 0.0466. The Balaban J connectivity index is 2.00. The molecule has 0 spiro atoms. The maximum Gasteiger partial charge on any atom is 0.410 e. The van der Waals surface area contributed by atoms with Crippen molar-refractivity contribution in [3.05, 3.63) is 95.6 Å². The van der Waals surface area contributed by atoms with Crippen molar-refractivity contribution in [2.24, 2.45) is 5.73 Å². The van der Waals surface area contributed by atoms with Crippen LogP contribution in [0.3, 0.4) is 0 Å². The van der Waals surface area contributed by atoms with E-state index in [0.717, 1.165) is 10.5 Å². The molecule has 4 atom stereocenters. The van der Waals surface area contributed by atoms with Crippen LogP contribution in [0.15, 0.2) is 78.9 Å². The molecule has 0 aliphatic rings. The van der Waals surface area contributed by atoms with Crippen molar-refractivity contribution in [3.63, 3.8) is 0 Å². The quantitative estimate of drug-likeness (QED) is 0.110. The monoisotopic (exact) mass is 745 g/mol. The van der Waals surface area contributed by atoms with Gasteiger partial charge in [0.2, 0.25) is 5.91 Å². The fraction of sp³-hybridized carbons (Fsp3) is 0.415. The van der Waals surface area contributed by atoms with Crippen LogP contribution in [0.25, 0.3) is 0 Å². The Bertz CT molecular complexity index is 1780. The van der Waals surface area contributed by atoms with Gasteiger partial charge in [-0.25, -0.2) is 9.59 Å². The number of esters is 2.